The van der Waals surface area contributed by atoms with Crippen molar-refractivity contribution in [1.29, 1.82) is 0 Å². The second-order valence-electron chi connectivity index (χ2n) is 4.43. The molecule has 1 aliphatic carbocycles. The van der Waals surface area contributed by atoms with Gasteiger partial charge in [0, 0.05) is 0 Å². The zero-order valence-corrected chi connectivity index (χ0v) is 9.81. The van der Waals surface area contributed by atoms with Crippen molar-refractivity contribution < 1.29 is 9.53 Å². The highest BCUT2D eigenvalue weighted by Crippen LogP contribution is 2.65. The van der Waals surface area contributed by atoms with Crippen molar-refractivity contribution in [3.63, 3.8) is 0 Å². The second-order valence-corrected chi connectivity index (χ2v) is 4.43. The largest absolute Gasteiger partial charge is 0.453 e. The third kappa shape index (κ3) is 1.22. The van der Waals surface area contributed by atoms with Crippen LogP contribution in [0.5, 0.6) is 0 Å². The number of methoxy groups -OCH3 is 1. The molecule has 0 spiro atoms. The molecule has 0 aliphatic heterocycles. The van der Waals surface area contributed by atoms with Crippen LogP contribution >= 0.6 is 0 Å². The fourth-order valence-corrected chi connectivity index (χ4v) is 2.92. The number of hydrogen-bond donors (Lipinski definition) is 1. The molecule has 0 saturated heterocycles. The van der Waals surface area contributed by atoms with Crippen molar-refractivity contribution in [2.24, 2.45) is 11.3 Å². The number of hydrogen-bond acceptors (Lipinski definition) is 2. The van der Waals surface area contributed by atoms with E-state index in [0.717, 1.165) is 12.8 Å². The third-order valence-corrected chi connectivity index (χ3v) is 4.43. The SMILES string of the molecule is CCC1(C)C(C)C1(CC)NC(=O)OC. The molecule has 82 valence electrons. The number of carbonyl (C=O) groups is 1. The van der Waals surface area contributed by atoms with E-state index in [1.165, 1.54) is 7.11 Å². The first-order chi connectivity index (χ1) is 6.48. The Balaban J connectivity index is 2.77. The lowest BCUT2D eigenvalue weighted by atomic mass is 9.97. The lowest BCUT2D eigenvalue weighted by Crippen LogP contribution is -2.41. The summed E-state index contributed by atoms with van der Waals surface area (Å²) in [4.78, 5) is 11.2. The summed E-state index contributed by atoms with van der Waals surface area (Å²) in [7, 11) is 1.41. The summed E-state index contributed by atoms with van der Waals surface area (Å²) in [6.07, 6.45) is 1.75. The molecule has 1 N–H and O–H groups in total. The highest BCUT2D eigenvalue weighted by molar-refractivity contribution is 5.69. The molecule has 0 bridgehead atoms. The topological polar surface area (TPSA) is 38.3 Å². The number of carbonyl (C=O) groups excluding carboxylic acids is 1. The van der Waals surface area contributed by atoms with Crippen LogP contribution < -0.4 is 5.32 Å². The second kappa shape index (κ2) is 3.44. The van der Waals surface area contributed by atoms with Crippen molar-refractivity contribution in [2.75, 3.05) is 7.11 Å². The monoisotopic (exact) mass is 199 g/mol. The number of alkyl carbamates (subject to hydrolysis) is 1. The molecule has 0 radical (unpaired) electrons. The van der Waals surface area contributed by atoms with Crippen molar-refractivity contribution in [1.82, 2.24) is 5.32 Å². The van der Waals surface area contributed by atoms with Gasteiger partial charge in [-0.05, 0) is 24.2 Å². The summed E-state index contributed by atoms with van der Waals surface area (Å²) in [6.45, 7) is 8.72. The summed E-state index contributed by atoms with van der Waals surface area (Å²) >= 11 is 0. The molecular formula is C11H21NO2. The van der Waals surface area contributed by atoms with Crippen LogP contribution in [0.2, 0.25) is 0 Å². The maximum Gasteiger partial charge on any atom is 0.407 e. The van der Waals surface area contributed by atoms with Crippen LogP contribution in [0, 0.1) is 11.3 Å². The van der Waals surface area contributed by atoms with Crippen molar-refractivity contribution in [3.8, 4) is 0 Å². The Kier molecular flexibility index (Phi) is 2.79. The maximum atomic E-state index is 11.2. The standard InChI is InChI=1S/C11H21NO2/c1-6-10(4)8(3)11(10,7-2)12-9(13)14-5/h8H,6-7H2,1-5H3,(H,12,13). The smallest absolute Gasteiger partial charge is 0.407 e. The first kappa shape index (κ1) is 11.3. The van der Waals surface area contributed by atoms with E-state index in [9.17, 15) is 4.79 Å². The average Bonchev–Trinajstić information content (AvgIpc) is 2.67. The zero-order chi connectivity index (χ0) is 11.0. The van der Waals surface area contributed by atoms with Gasteiger partial charge in [-0.1, -0.05) is 27.7 Å². The molecule has 1 rings (SSSR count). The molecular weight excluding hydrogens is 178 g/mol. The molecule has 3 heteroatoms. The lowest BCUT2D eigenvalue weighted by molar-refractivity contribution is 0.160. The third-order valence-electron chi connectivity index (χ3n) is 4.43. The first-order valence-corrected chi connectivity index (χ1v) is 5.34. The van der Waals surface area contributed by atoms with Gasteiger partial charge in [0.2, 0.25) is 0 Å². The van der Waals surface area contributed by atoms with Crippen molar-refractivity contribution in [3.05, 3.63) is 0 Å². The summed E-state index contributed by atoms with van der Waals surface area (Å²) in [6, 6.07) is 0. The Morgan fingerprint density at radius 3 is 2.29 bits per heavy atom. The number of ether oxygens (including phenoxy) is 1. The molecule has 1 aliphatic rings. The molecule has 3 nitrogen and oxygen atoms in total. The summed E-state index contributed by atoms with van der Waals surface area (Å²) < 4.78 is 4.66. The predicted octanol–water partition coefficient (Wildman–Crippen LogP) is 2.56. The Morgan fingerprint density at radius 1 is 1.43 bits per heavy atom. The molecule has 3 atom stereocenters. The van der Waals surface area contributed by atoms with Crippen LogP contribution in [-0.2, 0) is 4.74 Å². The molecule has 1 fully saturated rings. The van der Waals surface area contributed by atoms with Gasteiger partial charge >= 0.3 is 6.09 Å². The van der Waals surface area contributed by atoms with Crippen LogP contribution in [0.4, 0.5) is 4.79 Å². The Morgan fingerprint density at radius 2 is 2.00 bits per heavy atom. The normalized spacial score (nSPS) is 40.5. The van der Waals surface area contributed by atoms with Crippen molar-refractivity contribution in [2.45, 2.75) is 46.1 Å². The summed E-state index contributed by atoms with van der Waals surface area (Å²) in [5.41, 5.74) is 0.185. The van der Waals surface area contributed by atoms with E-state index in [0.29, 0.717) is 5.92 Å². The quantitative estimate of drug-likeness (QED) is 0.758. The molecule has 1 saturated carbocycles. The zero-order valence-electron chi connectivity index (χ0n) is 9.81. The van der Waals surface area contributed by atoms with Gasteiger partial charge < -0.3 is 10.1 Å². The number of rotatable bonds is 3. The average molecular weight is 199 g/mol. The maximum absolute atomic E-state index is 11.2. The fourth-order valence-electron chi connectivity index (χ4n) is 2.92. The molecule has 0 heterocycles. The number of amides is 1. The Bertz CT molecular complexity index is 241. The van der Waals surface area contributed by atoms with Gasteiger partial charge in [0.05, 0.1) is 12.6 Å². The minimum atomic E-state index is -0.309. The fraction of sp³-hybridized carbons (Fsp3) is 0.909. The number of nitrogens with one attached hydrogen (secondary N) is 1. The minimum absolute atomic E-state index is 0.0468. The molecule has 14 heavy (non-hydrogen) atoms. The van der Waals surface area contributed by atoms with Gasteiger partial charge in [-0.25, -0.2) is 4.79 Å². The van der Waals surface area contributed by atoms with E-state index in [-0.39, 0.29) is 17.0 Å². The van der Waals surface area contributed by atoms with E-state index in [4.69, 9.17) is 0 Å². The van der Waals surface area contributed by atoms with Crippen LogP contribution in [-0.4, -0.2) is 18.7 Å². The Labute approximate surface area is 86.2 Å². The van der Waals surface area contributed by atoms with E-state index in [2.05, 4.69) is 37.7 Å². The van der Waals surface area contributed by atoms with Gasteiger partial charge in [-0.3, -0.25) is 0 Å². The first-order valence-electron chi connectivity index (χ1n) is 5.34. The Hall–Kier alpha value is -0.730. The molecule has 1 amide bonds. The van der Waals surface area contributed by atoms with E-state index in [1.54, 1.807) is 0 Å². The van der Waals surface area contributed by atoms with E-state index < -0.39 is 0 Å². The van der Waals surface area contributed by atoms with Gasteiger partial charge in [0.25, 0.3) is 0 Å². The van der Waals surface area contributed by atoms with Crippen LogP contribution in [0.25, 0.3) is 0 Å². The highest BCUT2D eigenvalue weighted by Gasteiger charge is 2.69. The van der Waals surface area contributed by atoms with Crippen LogP contribution in [0.1, 0.15) is 40.5 Å². The summed E-state index contributed by atoms with van der Waals surface area (Å²) in [5, 5.41) is 3.00. The summed E-state index contributed by atoms with van der Waals surface area (Å²) in [5.74, 6) is 0.532. The molecule has 0 aromatic heterocycles. The van der Waals surface area contributed by atoms with Gasteiger partial charge in [0.15, 0.2) is 0 Å². The van der Waals surface area contributed by atoms with Crippen LogP contribution in [0.3, 0.4) is 0 Å². The van der Waals surface area contributed by atoms with Crippen molar-refractivity contribution >= 4 is 6.09 Å². The lowest BCUT2D eigenvalue weighted by Gasteiger charge is -2.21. The highest BCUT2D eigenvalue weighted by atomic mass is 16.5. The van der Waals surface area contributed by atoms with Crippen LogP contribution in [0.15, 0.2) is 0 Å². The van der Waals surface area contributed by atoms with Gasteiger partial charge in [-0.15, -0.1) is 0 Å². The molecule has 0 aromatic rings. The molecule has 3 unspecified atom stereocenters. The van der Waals surface area contributed by atoms with E-state index >= 15 is 0 Å². The van der Waals surface area contributed by atoms with Gasteiger partial charge in [0.1, 0.15) is 0 Å². The molecule has 0 aromatic carbocycles. The van der Waals surface area contributed by atoms with Gasteiger partial charge in [-0.2, -0.15) is 0 Å². The minimum Gasteiger partial charge on any atom is -0.453 e. The predicted molar refractivity (Wildman–Crippen MR) is 56.1 cm³/mol. The van der Waals surface area contributed by atoms with E-state index in [1.807, 2.05) is 0 Å².